The van der Waals surface area contributed by atoms with Crippen LogP contribution in [0, 0.1) is 0 Å². The Kier molecular flexibility index (Phi) is 4.69. The summed E-state index contributed by atoms with van der Waals surface area (Å²) in [6.07, 6.45) is 2.57. The monoisotopic (exact) mass is 474 g/mol. The maximum atomic E-state index is 6.17. The van der Waals surface area contributed by atoms with Crippen LogP contribution in [-0.2, 0) is 0 Å². The molecule has 1 aromatic carbocycles. The van der Waals surface area contributed by atoms with Gasteiger partial charge in [-0.2, -0.15) is 0 Å². The molecule has 0 spiro atoms. The molecular weight excluding hydrogens is 464 g/mol. The summed E-state index contributed by atoms with van der Waals surface area (Å²) in [5.74, 6) is 0.900. The molecule has 6 heteroatoms. The molecule has 0 saturated heterocycles. The zero-order valence-corrected chi connectivity index (χ0v) is 16.0. The molecule has 0 aliphatic carbocycles. The largest absolute Gasteiger partial charge is 0.484 e. The van der Waals surface area contributed by atoms with Crippen molar-refractivity contribution >= 4 is 47.8 Å². The molecule has 1 aliphatic rings. The van der Waals surface area contributed by atoms with E-state index in [0.29, 0.717) is 0 Å². The lowest BCUT2D eigenvalue weighted by Crippen LogP contribution is -2.27. The molecule has 110 valence electrons. The molecule has 1 aliphatic heterocycles. The molecule has 3 rings (SSSR count). The van der Waals surface area contributed by atoms with Crippen LogP contribution >= 0.6 is 47.8 Å². The van der Waals surface area contributed by atoms with Gasteiger partial charge in [-0.05, 0) is 57.1 Å². The summed E-state index contributed by atoms with van der Waals surface area (Å²) in [5.41, 5.74) is 2.11. The lowest BCUT2D eigenvalue weighted by Gasteiger charge is -2.32. The Balaban J connectivity index is 1.99. The predicted octanol–water partition coefficient (Wildman–Crippen LogP) is 5.15. The number of hydrogen-bond acceptors (Lipinski definition) is 3. The minimum atomic E-state index is -0.0771. The fourth-order valence-corrected chi connectivity index (χ4v) is 4.13. The van der Waals surface area contributed by atoms with Crippen molar-refractivity contribution in [3.05, 3.63) is 55.1 Å². The van der Waals surface area contributed by atoms with Gasteiger partial charge in [-0.15, -0.1) is 0 Å². The van der Waals surface area contributed by atoms with Gasteiger partial charge in [0.15, 0.2) is 0 Å². The molecule has 0 fully saturated rings. The highest BCUT2D eigenvalue weighted by atomic mass is 79.9. The van der Waals surface area contributed by atoms with Crippen molar-refractivity contribution in [2.24, 2.45) is 0 Å². The van der Waals surface area contributed by atoms with Crippen LogP contribution in [0.3, 0.4) is 0 Å². The van der Waals surface area contributed by atoms with E-state index in [9.17, 15) is 0 Å². The number of nitrogens with one attached hydrogen (secondary N) is 1. The van der Waals surface area contributed by atoms with Crippen molar-refractivity contribution in [3.8, 4) is 5.75 Å². The van der Waals surface area contributed by atoms with E-state index in [2.05, 4.69) is 64.2 Å². The fraction of sp³-hybridized carbons (Fsp3) is 0.267. The number of benzene rings is 1. The first-order chi connectivity index (χ1) is 10.1. The number of hydrogen-bond donors (Lipinski definition) is 1. The van der Waals surface area contributed by atoms with Crippen LogP contribution in [0.15, 0.2) is 43.9 Å². The van der Waals surface area contributed by atoms with Gasteiger partial charge in [0.05, 0.1) is 5.69 Å². The topological polar surface area (TPSA) is 34.2 Å². The third-order valence-corrected chi connectivity index (χ3v) is 5.12. The lowest BCUT2D eigenvalue weighted by atomic mass is 9.95. The molecule has 0 radical (unpaired) electrons. The Labute approximate surface area is 148 Å². The van der Waals surface area contributed by atoms with Crippen LogP contribution in [-0.4, -0.2) is 12.0 Å². The van der Waals surface area contributed by atoms with E-state index >= 15 is 0 Å². The average molecular weight is 477 g/mol. The number of nitrogens with zero attached hydrogens (tertiary/aromatic N) is 1. The van der Waals surface area contributed by atoms with E-state index in [0.717, 1.165) is 31.3 Å². The first kappa shape index (κ1) is 15.5. The van der Waals surface area contributed by atoms with Crippen LogP contribution in [0.1, 0.15) is 29.8 Å². The number of ether oxygens (including phenoxy) is 1. The number of halogens is 3. The maximum Gasteiger partial charge on any atom is 0.143 e. The van der Waals surface area contributed by atoms with Crippen LogP contribution < -0.4 is 10.1 Å². The minimum Gasteiger partial charge on any atom is -0.484 e. The second kappa shape index (κ2) is 6.36. The normalized spacial score (nSPS) is 20.8. The molecule has 0 bridgehead atoms. The van der Waals surface area contributed by atoms with Gasteiger partial charge in [-0.1, -0.05) is 22.0 Å². The molecule has 2 atom stereocenters. The van der Waals surface area contributed by atoms with E-state index in [1.807, 2.05) is 25.2 Å². The van der Waals surface area contributed by atoms with Crippen LogP contribution in [0.5, 0.6) is 5.75 Å². The van der Waals surface area contributed by atoms with Crippen molar-refractivity contribution in [2.75, 3.05) is 7.05 Å². The van der Waals surface area contributed by atoms with Gasteiger partial charge in [0.1, 0.15) is 11.9 Å². The van der Waals surface area contributed by atoms with Crippen LogP contribution in [0.2, 0.25) is 0 Å². The Morgan fingerprint density at radius 3 is 2.71 bits per heavy atom. The summed E-state index contributed by atoms with van der Waals surface area (Å²) in [4.78, 5) is 4.51. The zero-order chi connectivity index (χ0) is 15.0. The fourth-order valence-electron chi connectivity index (χ4n) is 2.54. The van der Waals surface area contributed by atoms with Crippen molar-refractivity contribution in [2.45, 2.75) is 18.6 Å². The standard InChI is InChI=1S/C15H13Br3N2O/c1-19-12-6-14(15-11(18)4-9(17)7-20-15)21-13-5-8(16)2-3-10(12)13/h2-5,7,12,14,19H,6H2,1H3. The second-order valence-electron chi connectivity index (χ2n) is 4.89. The molecule has 1 N–H and O–H groups in total. The Morgan fingerprint density at radius 2 is 2.00 bits per heavy atom. The van der Waals surface area contributed by atoms with Gasteiger partial charge in [-0.3, -0.25) is 4.98 Å². The molecule has 2 aromatic rings. The SMILES string of the molecule is CNC1CC(c2ncc(Br)cc2Br)Oc2cc(Br)ccc21. The smallest absolute Gasteiger partial charge is 0.143 e. The molecule has 21 heavy (non-hydrogen) atoms. The molecule has 1 aromatic heterocycles. The Bertz CT molecular complexity index is 678. The number of rotatable bonds is 2. The third kappa shape index (κ3) is 3.18. The van der Waals surface area contributed by atoms with Crippen LogP contribution in [0.4, 0.5) is 0 Å². The van der Waals surface area contributed by atoms with Gasteiger partial charge in [-0.25, -0.2) is 0 Å². The van der Waals surface area contributed by atoms with E-state index in [4.69, 9.17) is 4.74 Å². The third-order valence-electron chi connectivity index (χ3n) is 3.56. The Morgan fingerprint density at radius 1 is 1.19 bits per heavy atom. The molecule has 0 amide bonds. The highest BCUT2D eigenvalue weighted by Crippen LogP contribution is 2.42. The van der Waals surface area contributed by atoms with Gasteiger partial charge >= 0.3 is 0 Å². The van der Waals surface area contributed by atoms with Gasteiger partial charge in [0.25, 0.3) is 0 Å². The summed E-state index contributed by atoms with van der Waals surface area (Å²) < 4.78 is 9.09. The number of aromatic nitrogens is 1. The molecule has 2 unspecified atom stereocenters. The maximum absolute atomic E-state index is 6.17. The van der Waals surface area contributed by atoms with E-state index in [-0.39, 0.29) is 12.1 Å². The quantitative estimate of drug-likeness (QED) is 0.650. The van der Waals surface area contributed by atoms with Gasteiger partial charge in [0.2, 0.25) is 0 Å². The summed E-state index contributed by atoms with van der Waals surface area (Å²) >= 11 is 10.5. The average Bonchev–Trinajstić information content (AvgIpc) is 2.45. The minimum absolute atomic E-state index is 0.0771. The van der Waals surface area contributed by atoms with Gasteiger partial charge < -0.3 is 10.1 Å². The molecular formula is C15H13Br3N2O. The van der Waals surface area contributed by atoms with Crippen molar-refractivity contribution < 1.29 is 4.74 Å². The summed E-state index contributed by atoms with van der Waals surface area (Å²) in [6.45, 7) is 0. The summed E-state index contributed by atoms with van der Waals surface area (Å²) in [5, 5.41) is 3.36. The van der Waals surface area contributed by atoms with Crippen molar-refractivity contribution in [3.63, 3.8) is 0 Å². The summed E-state index contributed by atoms with van der Waals surface area (Å²) in [6, 6.07) is 8.40. The lowest BCUT2D eigenvalue weighted by molar-refractivity contribution is 0.149. The number of pyridine rings is 1. The van der Waals surface area contributed by atoms with Crippen molar-refractivity contribution in [1.82, 2.24) is 10.3 Å². The van der Waals surface area contributed by atoms with Gasteiger partial charge in [0, 0.05) is 37.6 Å². The second-order valence-corrected chi connectivity index (χ2v) is 7.57. The number of fused-ring (bicyclic) bond motifs is 1. The zero-order valence-electron chi connectivity index (χ0n) is 11.2. The first-order valence-electron chi connectivity index (χ1n) is 6.53. The molecule has 2 heterocycles. The highest BCUT2D eigenvalue weighted by Gasteiger charge is 2.30. The Hall–Kier alpha value is -0.430. The van der Waals surface area contributed by atoms with E-state index < -0.39 is 0 Å². The summed E-state index contributed by atoms with van der Waals surface area (Å²) in [7, 11) is 1.98. The first-order valence-corrected chi connectivity index (χ1v) is 8.90. The van der Waals surface area contributed by atoms with Crippen molar-refractivity contribution in [1.29, 1.82) is 0 Å². The molecule has 0 saturated carbocycles. The van der Waals surface area contributed by atoms with E-state index in [1.165, 1.54) is 5.56 Å². The van der Waals surface area contributed by atoms with Crippen LogP contribution in [0.25, 0.3) is 0 Å². The predicted molar refractivity (Wildman–Crippen MR) is 93.6 cm³/mol. The molecule has 3 nitrogen and oxygen atoms in total. The van der Waals surface area contributed by atoms with E-state index in [1.54, 1.807) is 6.20 Å². The highest BCUT2D eigenvalue weighted by molar-refractivity contribution is 9.11.